The summed E-state index contributed by atoms with van der Waals surface area (Å²) in [6.45, 7) is 7.29. The standard InChI is InChI=1S/C13H17N3O3/c1-7(2)15-10(17)5-16-6-14-12-11(13(16)18)8(3)9(4)19-12/h6-7H,5H2,1-4H3,(H,15,17). The molecule has 0 bridgehead atoms. The van der Waals surface area contributed by atoms with E-state index in [-0.39, 0.29) is 24.1 Å². The molecule has 0 saturated carbocycles. The van der Waals surface area contributed by atoms with Crippen molar-refractivity contribution >= 4 is 17.0 Å². The second kappa shape index (κ2) is 4.87. The second-order valence-electron chi connectivity index (χ2n) is 4.86. The lowest BCUT2D eigenvalue weighted by Gasteiger charge is -2.09. The van der Waals surface area contributed by atoms with Crippen molar-refractivity contribution in [2.24, 2.45) is 0 Å². The highest BCUT2D eigenvalue weighted by Gasteiger charge is 2.15. The van der Waals surface area contributed by atoms with Gasteiger partial charge in [0, 0.05) is 11.6 Å². The number of aromatic nitrogens is 2. The van der Waals surface area contributed by atoms with Gasteiger partial charge in [-0.05, 0) is 27.7 Å². The Balaban J connectivity index is 2.40. The van der Waals surface area contributed by atoms with Crippen molar-refractivity contribution < 1.29 is 9.21 Å². The first-order valence-corrected chi connectivity index (χ1v) is 6.14. The molecule has 0 aliphatic carbocycles. The van der Waals surface area contributed by atoms with Gasteiger partial charge in [-0.15, -0.1) is 0 Å². The number of amides is 1. The van der Waals surface area contributed by atoms with Crippen LogP contribution < -0.4 is 10.9 Å². The van der Waals surface area contributed by atoms with Crippen molar-refractivity contribution in [3.05, 3.63) is 28.0 Å². The number of furan rings is 1. The molecule has 0 atom stereocenters. The molecule has 2 rings (SSSR count). The molecule has 0 aliphatic heterocycles. The summed E-state index contributed by atoms with van der Waals surface area (Å²) in [5.41, 5.74) is 0.838. The number of carbonyl (C=O) groups is 1. The van der Waals surface area contributed by atoms with Gasteiger partial charge in [0.2, 0.25) is 11.6 Å². The van der Waals surface area contributed by atoms with E-state index in [1.54, 1.807) is 6.92 Å². The molecule has 6 nitrogen and oxygen atoms in total. The fourth-order valence-corrected chi connectivity index (χ4v) is 1.90. The third-order valence-corrected chi connectivity index (χ3v) is 2.92. The van der Waals surface area contributed by atoms with Gasteiger partial charge < -0.3 is 9.73 Å². The van der Waals surface area contributed by atoms with Gasteiger partial charge in [-0.1, -0.05) is 0 Å². The van der Waals surface area contributed by atoms with Gasteiger partial charge in [-0.3, -0.25) is 14.2 Å². The maximum Gasteiger partial charge on any atom is 0.265 e. The number of fused-ring (bicyclic) bond motifs is 1. The van der Waals surface area contributed by atoms with Crippen LogP contribution in [0, 0.1) is 13.8 Å². The van der Waals surface area contributed by atoms with Crippen LogP contribution in [0.25, 0.3) is 11.1 Å². The third kappa shape index (κ3) is 2.52. The Morgan fingerprint density at radius 3 is 2.79 bits per heavy atom. The fraction of sp³-hybridized carbons (Fsp3) is 0.462. The summed E-state index contributed by atoms with van der Waals surface area (Å²) in [5, 5.41) is 3.18. The zero-order valence-corrected chi connectivity index (χ0v) is 11.5. The molecule has 1 N–H and O–H groups in total. The molecule has 2 aromatic heterocycles. The van der Waals surface area contributed by atoms with E-state index in [0.29, 0.717) is 16.9 Å². The van der Waals surface area contributed by atoms with Crippen LogP contribution in [0.15, 0.2) is 15.5 Å². The highest BCUT2D eigenvalue weighted by Crippen LogP contribution is 2.18. The van der Waals surface area contributed by atoms with E-state index < -0.39 is 0 Å². The van der Waals surface area contributed by atoms with Gasteiger partial charge >= 0.3 is 0 Å². The van der Waals surface area contributed by atoms with Gasteiger partial charge in [0.1, 0.15) is 24.0 Å². The minimum absolute atomic E-state index is 0.0381. The maximum absolute atomic E-state index is 12.3. The van der Waals surface area contributed by atoms with E-state index in [1.807, 2.05) is 20.8 Å². The van der Waals surface area contributed by atoms with Crippen LogP contribution in [0.2, 0.25) is 0 Å². The van der Waals surface area contributed by atoms with E-state index in [9.17, 15) is 9.59 Å². The number of nitrogens with one attached hydrogen (secondary N) is 1. The van der Waals surface area contributed by atoms with E-state index >= 15 is 0 Å². The minimum Gasteiger partial charge on any atom is -0.443 e. The molecule has 102 valence electrons. The number of hydrogen-bond donors (Lipinski definition) is 1. The molecule has 0 aliphatic rings. The first kappa shape index (κ1) is 13.3. The summed E-state index contributed by atoms with van der Waals surface area (Å²) in [5.74, 6) is 0.458. The first-order valence-electron chi connectivity index (χ1n) is 6.14. The molecule has 0 saturated heterocycles. The van der Waals surface area contributed by atoms with E-state index in [0.717, 1.165) is 5.56 Å². The molecule has 0 aromatic carbocycles. The highest BCUT2D eigenvalue weighted by atomic mass is 16.3. The summed E-state index contributed by atoms with van der Waals surface area (Å²) >= 11 is 0. The zero-order valence-electron chi connectivity index (χ0n) is 11.5. The molecule has 6 heteroatoms. The van der Waals surface area contributed by atoms with Crippen LogP contribution in [0.5, 0.6) is 0 Å². The SMILES string of the molecule is Cc1oc2ncn(CC(=O)NC(C)C)c(=O)c2c1C. The Labute approximate surface area is 110 Å². The highest BCUT2D eigenvalue weighted by molar-refractivity contribution is 5.79. The van der Waals surface area contributed by atoms with Gasteiger partial charge in [0.15, 0.2) is 0 Å². The minimum atomic E-state index is -0.252. The number of rotatable bonds is 3. The number of hydrogen-bond acceptors (Lipinski definition) is 4. The van der Waals surface area contributed by atoms with E-state index in [2.05, 4.69) is 10.3 Å². The molecule has 2 aromatic rings. The molecule has 0 unspecified atom stereocenters. The molecule has 1 amide bonds. The molecule has 19 heavy (non-hydrogen) atoms. The van der Waals surface area contributed by atoms with E-state index in [4.69, 9.17) is 4.42 Å². The van der Waals surface area contributed by atoms with Gasteiger partial charge in [0.25, 0.3) is 5.56 Å². The third-order valence-electron chi connectivity index (χ3n) is 2.92. The summed E-state index contributed by atoms with van der Waals surface area (Å²) in [4.78, 5) is 28.0. The normalized spacial score (nSPS) is 11.2. The zero-order chi connectivity index (χ0) is 14.2. The van der Waals surface area contributed by atoms with Crippen molar-refractivity contribution in [2.45, 2.75) is 40.3 Å². The van der Waals surface area contributed by atoms with Crippen LogP contribution in [-0.2, 0) is 11.3 Å². The number of nitrogens with zero attached hydrogens (tertiary/aromatic N) is 2. The average molecular weight is 263 g/mol. The monoisotopic (exact) mass is 263 g/mol. The van der Waals surface area contributed by atoms with Gasteiger partial charge in [-0.25, -0.2) is 4.98 Å². The van der Waals surface area contributed by atoms with Crippen molar-refractivity contribution in [3.8, 4) is 0 Å². The smallest absolute Gasteiger partial charge is 0.265 e. The molecule has 2 heterocycles. The van der Waals surface area contributed by atoms with Crippen LogP contribution in [0.4, 0.5) is 0 Å². The van der Waals surface area contributed by atoms with Gasteiger partial charge in [-0.2, -0.15) is 0 Å². The lowest BCUT2D eigenvalue weighted by molar-refractivity contribution is -0.122. The Morgan fingerprint density at radius 2 is 2.16 bits per heavy atom. The van der Waals surface area contributed by atoms with Crippen molar-refractivity contribution in [1.82, 2.24) is 14.9 Å². The van der Waals surface area contributed by atoms with Gasteiger partial charge in [0.05, 0.1) is 0 Å². The summed E-state index contributed by atoms with van der Waals surface area (Å²) in [7, 11) is 0. The van der Waals surface area contributed by atoms with E-state index in [1.165, 1.54) is 10.9 Å². The summed E-state index contributed by atoms with van der Waals surface area (Å²) < 4.78 is 6.67. The molecule has 0 radical (unpaired) electrons. The lowest BCUT2D eigenvalue weighted by Crippen LogP contribution is -2.36. The van der Waals surface area contributed by atoms with Crippen LogP contribution in [0.3, 0.4) is 0 Å². The lowest BCUT2D eigenvalue weighted by atomic mass is 10.2. The predicted octanol–water partition coefficient (Wildman–Crippen LogP) is 1.13. The van der Waals surface area contributed by atoms with Crippen LogP contribution in [-0.4, -0.2) is 21.5 Å². The molecular weight excluding hydrogens is 246 g/mol. The predicted molar refractivity (Wildman–Crippen MR) is 71.0 cm³/mol. The van der Waals surface area contributed by atoms with Crippen molar-refractivity contribution in [1.29, 1.82) is 0 Å². The number of aryl methyl sites for hydroxylation is 2. The second-order valence-corrected chi connectivity index (χ2v) is 4.86. The van der Waals surface area contributed by atoms with Crippen LogP contribution >= 0.6 is 0 Å². The Bertz CT molecular complexity index is 682. The molecule has 0 spiro atoms. The first-order chi connectivity index (χ1) is 8.90. The Hall–Kier alpha value is -2.11. The Kier molecular flexibility index (Phi) is 3.42. The van der Waals surface area contributed by atoms with Crippen LogP contribution in [0.1, 0.15) is 25.2 Å². The Morgan fingerprint density at radius 1 is 1.47 bits per heavy atom. The molecular formula is C13H17N3O3. The maximum atomic E-state index is 12.3. The number of carbonyl (C=O) groups excluding carboxylic acids is 1. The quantitative estimate of drug-likeness (QED) is 0.900. The fourth-order valence-electron chi connectivity index (χ4n) is 1.90. The van der Waals surface area contributed by atoms with Crippen molar-refractivity contribution in [2.75, 3.05) is 0 Å². The summed E-state index contributed by atoms with van der Waals surface area (Å²) in [6, 6.07) is 0.0396. The summed E-state index contributed by atoms with van der Waals surface area (Å²) in [6.07, 6.45) is 1.34. The average Bonchev–Trinajstić information content (AvgIpc) is 2.59. The van der Waals surface area contributed by atoms with Crippen molar-refractivity contribution in [3.63, 3.8) is 0 Å². The largest absolute Gasteiger partial charge is 0.443 e. The molecule has 0 fully saturated rings. The topological polar surface area (TPSA) is 77.1 Å².